The molecule has 0 unspecified atom stereocenters. The Bertz CT molecular complexity index is 528. The van der Waals surface area contributed by atoms with E-state index in [-0.39, 0.29) is 17.0 Å². The number of aromatic nitrogens is 4. The minimum absolute atomic E-state index is 0.0907. The number of nitrogens with one attached hydrogen (secondary N) is 1. The molecule has 0 radical (unpaired) electrons. The number of nitrogen functional groups attached to an aromatic ring is 1. The molecule has 13 heavy (non-hydrogen) atoms. The van der Waals surface area contributed by atoms with Crippen molar-refractivity contribution >= 4 is 33.0 Å². The standard InChI is InChI=1S/C6H6BrN5O/c1-12-3-2(9-5(12)7)4(13)11-6(8)10-3/h1H3,(H3,8,10,11,13). The molecule has 0 aliphatic carbocycles. The van der Waals surface area contributed by atoms with E-state index in [4.69, 9.17) is 5.73 Å². The van der Waals surface area contributed by atoms with Gasteiger partial charge in [0.25, 0.3) is 5.56 Å². The van der Waals surface area contributed by atoms with Crippen LogP contribution in [0.15, 0.2) is 9.53 Å². The van der Waals surface area contributed by atoms with Gasteiger partial charge in [0.1, 0.15) is 0 Å². The fourth-order valence-electron chi connectivity index (χ4n) is 1.06. The van der Waals surface area contributed by atoms with Crippen molar-refractivity contribution in [1.82, 2.24) is 19.5 Å². The summed E-state index contributed by atoms with van der Waals surface area (Å²) >= 11 is 3.19. The minimum atomic E-state index is -0.330. The number of aryl methyl sites for hydroxylation is 1. The van der Waals surface area contributed by atoms with Crippen molar-refractivity contribution in [3.63, 3.8) is 0 Å². The number of fused-ring (bicyclic) bond motifs is 1. The first-order chi connectivity index (χ1) is 6.09. The van der Waals surface area contributed by atoms with Crippen molar-refractivity contribution in [1.29, 1.82) is 0 Å². The zero-order valence-electron chi connectivity index (χ0n) is 6.71. The fraction of sp³-hybridized carbons (Fsp3) is 0.167. The van der Waals surface area contributed by atoms with Crippen LogP contribution in [0.4, 0.5) is 5.95 Å². The van der Waals surface area contributed by atoms with Gasteiger partial charge in [0.15, 0.2) is 15.9 Å². The maximum atomic E-state index is 11.3. The topological polar surface area (TPSA) is 89.6 Å². The molecule has 0 bridgehead atoms. The molecule has 68 valence electrons. The molecule has 0 spiro atoms. The van der Waals surface area contributed by atoms with Crippen LogP contribution >= 0.6 is 15.9 Å². The van der Waals surface area contributed by atoms with E-state index in [0.29, 0.717) is 10.4 Å². The zero-order valence-corrected chi connectivity index (χ0v) is 8.29. The van der Waals surface area contributed by atoms with Crippen molar-refractivity contribution in [2.24, 2.45) is 7.05 Å². The summed E-state index contributed by atoms with van der Waals surface area (Å²) in [5.74, 6) is 0.0907. The lowest BCUT2D eigenvalue weighted by Crippen LogP contribution is -2.11. The second-order valence-corrected chi connectivity index (χ2v) is 3.27. The SMILES string of the molecule is Cn1c(Br)nc2c(=O)[nH]c(N)nc21. The minimum Gasteiger partial charge on any atom is -0.369 e. The van der Waals surface area contributed by atoms with E-state index in [0.717, 1.165) is 0 Å². The Morgan fingerprint density at radius 2 is 2.23 bits per heavy atom. The number of nitrogens with two attached hydrogens (primary N) is 1. The first-order valence-corrected chi connectivity index (χ1v) is 4.26. The van der Waals surface area contributed by atoms with Gasteiger partial charge in [-0.2, -0.15) is 4.98 Å². The van der Waals surface area contributed by atoms with Gasteiger partial charge < -0.3 is 10.3 Å². The average Bonchev–Trinajstić information content (AvgIpc) is 2.32. The molecule has 2 aromatic rings. The maximum absolute atomic E-state index is 11.3. The van der Waals surface area contributed by atoms with Gasteiger partial charge in [-0.15, -0.1) is 0 Å². The van der Waals surface area contributed by atoms with E-state index in [1.807, 2.05) is 0 Å². The van der Waals surface area contributed by atoms with E-state index in [9.17, 15) is 4.79 Å². The molecule has 0 aliphatic heterocycles. The Morgan fingerprint density at radius 3 is 2.92 bits per heavy atom. The summed E-state index contributed by atoms with van der Waals surface area (Å²) in [5.41, 5.74) is 5.80. The number of imidazole rings is 1. The highest BCUT2D eigenvalue weighted by atomic mass is 79.9. The number of rotatable bonds is 0. The van der Waals surface area contributed by atoms with Crippen molar-refractivity contribution in [2.45, 2.75) is 0 Å². The molecular formula is C6H6BrN5O. The van der Waals surface area contributed by atoms with E-state index < -0.39 is 0 Å². The molecule has 0 aromatic carbocycles. The first-order valence-electron chi connectivity index (χ1n) is 3.47. The summed E-state index contributed by atoms with van der Waals surface area (Å²) in [5, 5.41) is 0. The summed E-state index contributed by atoms with van der Waals surface area (Å²) in [7, 11) is 1.74. The molecule has 0 fully saturated rings. The molecule has 0 saturated carbocycles. The van der Waals surface area contributed by atoms with Crippen LogP contribution in [0.2, 0.25) is 0 Å². The Hall–Kier alpha value is -1.37. The molecule has 7 heteroatoms. The maximum Gasteiger partial charge on any atom is 0.280 e. The molecule has 0 atom stereocenters. The van der Waals surface area contributed by atoms with E-state index in [2.05, 4.69) is 30.9 Å². The molecule has 2 heterocycles. The van der Waals surface area contributed by atoms with Crippen LogP contribution in [-0.2, 0) is 7.05 Å². The second kappa shape index (κ2) is 2.56. The Morgan fingerprint density at radius 1 is 1.54 bits per heavy atom. The van der Waals surface area contributed by atoms with E-state index >= 15 is 0 Å². The summed E-state index contributed by atoms with van der Waals surface area (Å²) in [6.07, 6.45) is 0. The smallest absolute Gasteiger partial charge is 0.280 e. The number of halogens is 1. The highest BCUT2D eigenvalue weighted by molar-refractivity contribution is 9.10. The lowest BCUT2D eigenvalue weighted by molar-refractivity contribution is 0.897. The van der Waals surface area contributed by atoms with Crippen molar-refractivity contribution in [2.75, 3.05) is 5.73 Å². The largest absolute Gasteiger partial charge is 0.369 e. The van der Waals surface area contributed by atoms with Crippen molar-refractivity contribution in [3.05, 3.63) is 15.1 Å². The molecule has 6 nitrogen and oxygen atoms in total. The number of H-pyrrole nitrogens is 1. The Kier molecular flexibility index (Phi) is 1.62. The third-order valence-electron chi connectivity index (χ3n) is 1.69. The van der Waals surface area contributed by atoms with Gasteiger partial charge in [0.05, 0.1) is 0 Å². The summed E-state index contributed by atoms with van der Waals surface area (Å²) < 4.78 is 2.19. The number of aromatic amines is 1. The van der Waals surface area contributed by atoms with Gasteiger partial charge in [0.2, 0.25) is 5.95 Å². The number of hydrogen-bond donors (Lipinski definition) is 2. The van der Waals surface area contributed by atoms with Gasteiger partial charge >= 0.3 is 0 Å². The van der Waals surface area contributed by atoms with Gasteiger partial charge in [-0.05, 0) is 15.9 Å². The van der Waals surface area contributed by atoms with Gasteiger partial charge in [-0.25, -0.2) is 4.98 Å². The molecule has 0 amide bonds. The predicted octanol–water partition coefficient (Wildman–Crippen LogP) is 0.00130. The Labute approximate surface area is 80.9 Å². The van der Waals surface area contributed by atoms with Crippen LogP contribution in [-0.4, -0.2) is 19.5 Å². The van der Waals surface area contributed by atoms with Crippen molar-refractivity contribution in [3.8, 4) is 0 Å². The molecule has 0 aliphatic rings. The van der Waals surface area contributed by atoms with Crippen LogP contribution in [0, 0.1) is 0 Å². The molecule has 0 saturated heterocycles. The first kappa shape index (κ1) is 8.24. The third kappa shape index (κ3) is 1.12. The average molecular weight is 244 g/mol. The van der Waals surface area contributed by atoms with Gasteiger partial charge in [-0.1, -0.05) is 0 Å². The van der Waals surface area contributed by atoms with Crippen LogP contribution in [0.1, 0.15) is 0 Å². The van der Waals surface area contributed by atoms with Crippen LogP contribution in [0.25, 0.3) is 11.2 Å². The van der Waals surface area contributed by atoms with Gasteiger partial charge in [0, 0.05) is 7.05 Å². The Balaban J connectivity index is 3.03. The summed E-state index contributed by atoms with van der Waals surface area (Å²) in [6.45, 7) is 0. The highest BCUT2D eigenvalue weighted by Gasteiger charge is 2.10. The van der Waals surface area contributed by atoms with Gasteiger partial charge in [-0.3, -0.25) is 9.78 Å². The molecular weight excluding hydrogens is 238 g/mol. The molecule has 2 rings (SSSR count). The monoisotopic (exact) mass is 243 g/mol. The van der Waals surface area contributed by atoms with E-state index in [1.54, 1.807) is 11.6 Å². The van der Waals surface area contributed by atoms with Crippen LogP contribution < -0.4 is 11.3 Å². The zero-order chi connectivity index (χ0) is 9.59. The molecule has 3 N–H and O–H groups in total. The predicted molar refractivity (Wildman–Crippen MR) is 51.2 cm³/mol. The van der Waals surface area contributed by atoms with Crippen LogP contribution in [0.3, 0.4) is 0 Å². The van der Waals surface area contributed by atoms with E-state index in [1.165, 1.54) is 0 Å². The lowest BCUT2D eigenvalue weighted by atomic mass is 10.5. The quantitative estimate of drug-likeness (QED) is 0.638. The number of nitrogens with zero attached hydrogens (tertiary/aromatic N) is 3. The van der Waals surface area contributed by atoms with Crippen LogP contribution in [0.5, 0.6) is 0 Å². The lowest BCUT2D eigenvalue weighted by Gasteiger charge is -1.94. The second-order valence-electron chi connectivity index (χ2n) is 2.56. The number of hydrogen-bond acceptors (Lipinski definition) is 4. The third-order valence-corrected chi connectivity index (χ3v) is 2.40. The summed E-state index contributed by atoms with van der Waals surface area (Å²) in [6, 6.07) is 0. The molecule has 2 aromatic heterocycles. The normalized spacial score (nSPS) is 10.9. The highest BCUT2D eigenvalue weighted by Crippen LogP contribution is 2.13. The van der Waals surface area contributed by atoms with Crippen molar-refractivity contribution < 1.29 is 0 Å². The number of anilines is 1. The summed E-state index contributed by atoms with van der Waals surface area (Å²) in [4.78, 5) is 21.6. The fourth-order valence-corrected chi connectivity index (χ4v) is 1.41.